The van der Waals surface area contributed by atoms with Crippen molar-refractivity contribution in [2.24, 2.45) is 0 Å². The van der Waals surface area contributed by atoms with Crippen LogP contribution in [-0.2, 0) is 14.3 Å². The number of ether oxygens (including phenoxy) is 1. The fourth-order valence-electron chi connectivity index (χ4n) is 3.97. The lowest BCUT2D eigenvalue weighted by Gasteiger charge is -2.48. The minimum atomic E-state index is -0.606. The molecule has 0 aromatic heterocycles. The number of nitrogens with one attached hydrogen (secondary N) is 1. The van der Waals surface area contributed by atoms with E-state index in [-0.39, 0.29) is 30.0 Å². The van der Waals surface area contributed by atoms with Crippen LogP contribution in [0.2, 0.25) is 0 Å². The molecule has 5 heteroatoms. The first-order valence-electron chi connectivity index (χ1n) is 7.80. The Morgan fingerprint density at radius 3 is 2.60 bits per heavy atom. The van der Waals surface area contributed by atoms with Gasteiger partial charge in [0.05, 0.1) is 6.10 Å². The standard InChI is InChI=1S/C15H24N2O3/c1-10-9-12(5-8-20-10)17-11(2)13(18)16-15(14(17)19)6-3-4-7-15/h10-12H,3-9H2,1-2H3,(H,16,18). The largest absolute Gasteiger partial charge is 0.378 e. The van der Waals surface area contributed by atoms with E-state index in [1.807, 2.05) is 18.7 Å². The number of nitrogens with zero attached hydrogens (tertiary/aromatic N) is 1. The van der Waals surface area contributed by atoms with Gasteiger partial charge in [-0.3, -0.25) is 9.59 Å². The summed E-state index contributed by atoms with van der Waals surface area (Å²) in [4.78, 5) is 27.1. The molecule has 0 bridgehead atoms. The van der Waals surface area contributed by atoms with Gasteiger partial charge in [-0.1, -0.05) is 12.8 Å². The van der Waals surface area contributed by atoms with Crippen LogP contribution in [0.1, 0.15) is 52.4 Å². The van der Waals surface area contributed by atoms with Gasteiger partial charge in [0.25, 0.3) is 0 Å². The molecule has 2 amide bonds. The van der Waals surface area contributed by atoms with Crippen LogP contribution >= 0.6 is 0 Å². The van der Waals surface area contributed by atoms with Gasteiger partial charge in [-0.2, -0.15) is 0 Å². The van der Waals surface area contributed by atoms with Gasteiger partial charge in [0.2, 0.25) is 11.8 Å². The second-order valence-electron chi connectivity index (χ2n) is 6.53. The maximum atomic E-state index is 13.0. The Bertz CT molecular complexity index is 417. The molecule has 1 N–H and O–H groups in total. The lowest BCUT2D eigenvalue weighted by atomic mass is 9.88. The zero-order chi connectivity index (χ0) is 14.3. The quantitative estimate of drug-likeness (QED) is 0.785. The van der Waals surface area contributed by atoms with Crippen LogP contribution in [0.5, 0.6) is 0 Å². The third-order valence-corrected chi connectivity index (χ3v) is 5.11. The predicted molar refractivity (Wildman–Crippen MR) is 74.1 cm³/mol. The Labute approximate surface area is 120 Å². The molecule has 2 saturated heterocycles. The molecular weight excluding hydrogens is 256 g/mol. The summed E-state index contributed by atoms with van der Waals surface area (Å²) in [6, 6.07) is -0.214. The van der Waals surface area contributed by atoms with Crippen molar-refractivity contribution in [3.05, 3.63) is 0 Å². The zero-order valence-corrected chi connectivity index (χ0v) is 12.4. The summed E-state index contributed by atoms with van der Waals surface area (Å²) in [6.45, 7) is 4.56. The molecule has 3 fully saturated rings. The van der Waals surface area contributed by atoms with Gasteiger partial charge >= 0.3 is 0 Å². The van der Waals surface area contributed by atoms with Crippen LogP contribution in [0.3, 0.4) is 0 Å². The Hall–Kier alpha value is -1.10. The van der Waals surface area contributed by atoms with Crippen LogP contribution in [-0.4, -0.2) is 47.0 Å². The van der Waals surface area contributed by atoms with Crippen LogP contribution < -0.4 is 5.32 Å². The Morgan fingerprint density at radius 1 is 1.25 bits per heavy atom. The fraction of sp³-hybridized carbons (Fsp3) is 0.867. The number of rotatable bonds is 1. The Morgan fingerprint density at radius 2 is 1.95 bits per heavy atom. The highest BCUT2D eigenvalue weighted by Crippen LogP contribution is 2.36. The third kappa shape index (κ3) is 2.12. The van der Waals surface area contributed by atoms with Crippen molar-refractivity contribution in [3.63, 3.8) is 0 Å². The molecule has 112 valence electrons. The highest BCUT2D eigenvalue weighted by molar-refractivity contribution is 6.00. The van der Waals surface area contributed by atoms with Gasteiger partial charge in [-0.05, 0) is 39.5 Å². The van der Waals surface area contributed by atoms with E-state index in [1.165, 1.54) is 0 Å². The molecule has 0 radical (unpaired) electrons. The maximum absolute atomic E-state index is 13.0. The van der Waals surface area contributed by atoms with E-state index < -0.39 is 5.54 Å². The first kappa shape index (κ1) is 13.9. The summed E-state index contributed by atoms with van der Waals surface area (Å²) in [5.74, 6) is 0.145. The normalized spacial score (nSPS) is 37.3. The monoisotopic (exact) mass is 280 g/mol. The molecule has 3 rings (SSSR count). The van der Waals surface area contributed by atoms with E-state index in [1.54, 1.807) is 0 Å². The molecule has 3 aliphatic rings. The molecule has 1 aliphatic carbocycles. The SMILES string of the molecule is CC1CC(N2C(=O)C3(CCCC3)NC(=O)C2C)CCO1. The van der Waals surface area contributed by atoms with Crippen molar-refractivity contribution >= 4 is 11.8 Å². The van der Waals surface area contributed by atoms with Crippen molar-refractivity contribution < 1.29 is 14.3 Å². The van der Waals surface area contributed by atoms with Crippen molar-refractivity contribution in [1.82, 2.24) is 10.2 Å². The minimum Gasteiger partial charge on any atom is -0.378 e. The maximum Gasteiger partial charge on any atom is 0.249 e. The first-order chi connectivity index (χ1) is 9.53. The van der Waals surface area contributed by atoms with Crippen LogP contribution in [0.15, 0.2) is 0 Å². The van der Waals surface area contributed by atoms with Gasteiger partial charge in [0.1, 0.15) is 11.6 Å². The lowest BCUT2D eigenvalue weighted by Crippen LogP contribution is -2.71. The number of hydrogen-bond acceptors (Lipinski definition) is 3. The Kier molecular flexibility index (Phi) is 3.48. The summed E-state index contributed by atoms with van der Waals surface area (Å²) in [5, 5.41) is 3.01. The molecule has 2 heterocycles. The molecule has 1 saturated carbocycles. The van der Waals surface area contributed by atoms with Gasteiger partial charge in [0, 0.05) is 12.6 Å². The first-order valence-corrected chi connectivity index (χ1v) is 7.80. The molecule has 0 aromatic rings. The number of piperazine rings is 1. The average molecular weight is 280 g/mol. The van der Waals surface area contributed by atoms with Crippen molar-refractivity contribution in [2.75, 3.05) is 6.61 Å². The summed E-state index contributed by atoms with van der Waals surface area (Å²) in [7, 11) is 0. The number of hydrogen-bond donors (Lipinski definition) is 1. The van der Waals surface area contributed by atoms with Crippen LogP contribution in [0.25, 0.3) is 0 Å². The molecule has 2 aliphatic heterocycles. The number of amides is 2. The van der Waals surface area contributed by atoms with E-state index in [4.69, 9.17) is 4.74 Å². The lowest BCUT2D eigenvalue weighted by molar-refractivity contribution is -0.160. The fourth-order valence-corrected chi connectivity index (χ4v) is 3.97. The molecule has 20 heavy (non-hydrogen) atoms. The van der Waals surface area contributed by atoms with Crippen LogP contribution in [0, 0.1) is 0 Å². The second-order valence-corrected chi connectivity index (χ2v) is 6.53. The average Bonchev–Trinajstić information content (AvgIpc) is 2.87. The highest BCUT2D eigenvalue weighted by Gasteiger charge is 2.52. The van der Waals surface area contributed by atoms with Crippen molar-refractivity contribution in [1.29, 1.82) is 0 Å². The summed E-state index contributed by atoms with van der Waals surface area (Å²) in [6.07, 6.45) is 5.47. The molecule has 3 unspecified atom stereocenters. The van der Waals surface area contributed by atoms with E-state index >= 15 is 0 Å². The van der Waals surface area contributed by atoms with Gasteiger partial charge in [-0.15, -0.1) is 0 Å². The van der Waals surface area contributed by atoms with Gasteiger partial charge in [0.15, 0.2) is 0 Å². The molecule has 1 spiro atoms. The summed E-state index contributed by atoms with van der Waals surface area (Å²) in [5.41, 5.74) is -0.606. The summed E-state index contributed by atoms with van der Waals surface area (Å²) >= 11 is 0. The van der Waals surface area contributed by atoms with Crippen molar-refractivity contribution in [2.45, 2.75) is 76.1 Å². The number of carbonyl (C=O) groups excluding carboxylic acids is 2. The van der Waals surface area contributed by atoms with E-state index in [0.29, 0.717) is 6.61 Å². The molecular formula is C15H24N2O3. The van der Waals surface area contributed by atoms with Crippen molar-refractivity contribution in [3.8, 4) is 0 Å². The highest BCUT2D eigenvalue weighted by atomic mass is 16.5. The zero-order valence-electron chi connectivity index (χ0n) is 12.4. The number of carbonyl (C=O) groups is 2. The van der Waals surface area contributed by atoms with E-state index in [0.717, 1.165) is 38.5 Å². The molecule has 5 nitrogen and oxygen atoms in total. The van der Waals surface area contributed by atoms with E-state index in [9.17, 15) is 9.59 Å². The Balaban J connectivity index is 1.86. The minimum absolute atomic E-state index is 0.00523. The molecule has 3 atom stereocenters. The summed E-state index contributed by atoms with van der Waals surface area (Å²) < 4.78 is 5.57. The smallest absolute Gasteiger partial charge is 0.249 e. The van der Waals surface area contributed by atoms with Gasteiger partial charge < -0.3 is 15.0 Å². The van der Waals surface area contributed by atoms with E-state index in [2.05, 4.69) is 5.32 Å². The molecule has 0 aromatic carbocycles. The van der Waals surface area contributed by atoms with Crippen LogP contribution in [0.4, 0.5) is 0 Å². The topological polar surface area (TPSA) is 58.6 Å². The predicted octanol–water partition coefficient (Wildman–Crippen LogP) is 1.21. The third-order valence-electron chi connectivity index (χ3n) is 5.11. The second kappa shape index (κ2) is 5.02. The van der Waals surface area contributed by atoms with Gasteiger partial charge in [-0.25, -0.2) is 0 Å².